The van der Waals surface area contributed by atoms with Crippen LogP contribution in [0, 0.1) is 6.92 Å². The quantitative estimate of drug-likeness (QED) is 0.928. The Morgan fingerprint density at radius 1 is 1.25 bits per heavy atom. The number of aryl methyl sites for hydroxylation is 1. The molecule has 1 aliphatic heterocycles. The smallest absolute Gasteiger partial charge is 0.132 e. The molecule has 3 rings (SSSR count). The van der Waals surface area contributed by atoms with E-state index in [9.17, 15) is 0 Å². The van der Waals surface area contributed by atoms with E-state index in [1.165, 1.54) is 12.0 Å². The van der Waals surface area contributed by atoms with Gasteiger partial charge in [0.25, 0.3) is 0 Å². The van der Waals surface area contributed by atoms with Crippen LogP contribution in [0.15, 0.2) is 30.6 Å². The zero-order valence-corrected chi connectivity index (χ0v) is 11.9. The number of hydrogen-bond acceptors (Lipinski definition) is 5. The summed E-state index contributed by atoms with van der Waals surface area (Å²) < 4.78 is 0. The molecule has 0 aromatic carbocycles. The molecule has 2 aromatic heterocycles. The summed E-state index contributed by atoms with van der Waals surface area (Å²) in [6.45, 7) is 2.97. The van der Waals surface area contributed by atoms with Gasteiger partial charge in [-0.25, -0.2) is 15.0 Å². The predicted octanol–water partition coefficient (Wildman–Crippen LogP) is 2.56. The molecule has 0 saturated carbocycles. The standard InChI is InChI=1S/C15H19N5/c1-11-17-8-6-15(19-11)20-9-3-4-13(20)12-5-7-18-14(10-12)16-2/h5-8,10,13H,3-4,9H2,1-2H3,(H,16,18). The summed E-state index contributed by atoms with van der Waals surface area (Å²) >= 11 is 0. The van der Waals surface area contributed by atoms with Gasteiger partial charge in [-0.3, -0.25) is 0 Å². The topological polar surface area (TPSA) is 53.9 Å². The van der Waals surface area contributed by atoms with E-state index in [0.29, 0.717) is 6.04 Å². The van der Waals surface area contributed by atoms with Crippen molar-refractivity contribution in [1.29, 1.82) is 0 Å². The van der Waals surface area contributed by atoms with Gasteiger partial charge in [0, 0.05) is 26.0 Å². The molecule has 104 valence electrons. The highest BCUT2D eigenvalue weighted by Crippen LogP contribution is 2.35. The van der Waals surface area contributed by atoms with Crippen molar-refractivity contribution in [3.63, 3.8) is 0 Å². The first-order chi connectivity index (χ1) is 9.78. The van der Waals surface area contributed by atoms with Gasteiger partial charge in [-0.05, 0) is 43.5 Å². The van der Waals surface area contributed by atoms with E-state index in [2.05, 4.69) is 37.3 Å². The van der Waals surface area contributed by atoms with Gasteiger partial charge in [0.15, 0.2) is 0 Å². The average molecular weight is 269 g/mol. The zero-order chi connectivity index (χ0) is 13.9. The number of hydrogen-bond donors (Lipinski definition) is 1. The lowest BCUT2D eigenvalue weighted by molar-refractivity contribution is 0.708. The van der Waals surface area contributed by atoms with Crippen LogP contribution in [0.2, 0.25) is 0 Å². The second kappa shape index (κ2) is 5.45. The Balaban J connectivity index is 1.92. The van der Waals surface area contributed by atoms with E-state index in [-0.39, 0.29) is 0 Å². The van der Waals surface area contributed by atoms with Crippen LogP contribution in [0.4, 0.5) is 11.6 Å². The van der Waals surface area contributed by atoms with Crippen LogP contribution in [-0.2, 0) is 0 Å². The average Bonchev–Trinajstić information content (AvgIpc) is 2.97. The molecule has 1 atom stereocenters. The highest BCUT2D eigenvalue weighted by molar-refractivity contribution is 5.46. The minimum atomic E-state index is 0.374. The summed E-state index contributed by atoms with van der Waals surface area (Å²) in [7, 11) is 1.90. The normalized spacial score (nSPS) is 18.3. The number of aromatic nitrogens is 3. The van der Waals surface area contributed by atoms with Gasteiger partial charge >= 0.3 is 0 Å². The first-order valence-electron chi connectivity index (χ1n) is 6.98. The van der Waals surface area contributed by atoms with Crippen LogP contribution in [0.3, 0.4) is 0 Å². The van der Waals surface area contributed by atoms with Crippen LogP contribution in [0.25, 0.3) is 0 Å². The third-order valence-electron chi connectivity index (χ3n) is 3.73. The van der Waals surface area contributed by atoms with Gasteiger partial charge < -0.3 is 10.2 Å². The number of pyridine rings is 1. The Morgan fingerprint density at radius 2 is 2.10 bits per heavy atom. The van der Waals surface area contributed by atoms with E-state index >= 15 is 0 Å². The molecule has 5 nitrogen and oxygen atoms in total. The molecule has 0 spiro atoms. The highest BCUT2D eigenvalue weighted by atomic mass is 15.2. The lowest BCUT2D eigenvalue weighted by atomic mass is 10.1. The Labute approximate surface area is 119 Å². The molecular formula is C15H19N5. The van der Waals surface area contributed by atoms with Crippen molar-refractivity contribution in [2.24, 2.45) is 0 Å². The Kier molecular flexibility index (Phi) is 3.50. The summed E-state index contributed by atoms with van der Waals surface area (Å²) in [4.78, 5) is 15.4. The second-order valence-corrected chi connectivity index (χ2v) is 5.04. The fourth-order valence-electron chi connectivity index (χ4n) is 2.78. The molecule has 1 aliphatic rings. The molecule has 20 heavy (non-hydrogen) atoms. The lowest BCUT2D eigenvalue weighted by Crippen LogP contribution is -2.24. The monoisotopic (exact) mass is 269 g/mol. The van der Waals surface area contributed by atoms with Gasteiger partial charge in [-0.1, -0.05) is 0 Å². The second-order valence-electron chi connectivity index (χ2n) is 5.04. The van der Waals surface area contributed by atoms with Crippen molar-refractivity contribution in [1.82, 2.24) is 15.0 Å². The minimum absolute atomic E-state index is 0.374. The zero-order valence-electron chi connectivity index (χ0n) is 11.9. The van der Waals surface area contributed by atoms with Gasteiger partial charge in [0.2, 0.25) is 0 Å². The van der Waals surface area contributed by atoms with Crippen LogP contribution in [0.1, 0.15) is 30.3 Å². The largest absolute Gasteiger partial charge is 0.373 e. The van der Waals surface area contributed by atoms with Gasteiger partial charge in [-0.15, -0.1) is 0 Å². The van der Waals surface area contributed by atoms with E-state index < -0.39 is 0 Å². The fourth-order valence-corrected chi connectivity index (χ4v) is 2.78. The van der Waals surface area contributed by atoms with Crippen molar-refractivity contribution in [2.75, 3.05) is 23.8 Å². The number of nitrogens with zero attached hydrogens (tertiary/aromatic N) is 4. The van der Waals surface area contributed by atoms with Crippen LogP contribution in [0.5, 0.6) is 0 Å². The van der Waals surface area contributed by atoms with E-state index in [1.54, 1.807) is 0 Å². The first kappa shape index (κ1) is 12.8. The molecule has 1 saturated heterocycles. The third kappa shape index (κ3) is 2.43. The van der Waals surface area contributed by atoms with Crippen LogP contribution >= 0.6 is 0 Å². The molecule has 0 bridgehead atoms. The molecule has 5 heteroatoms. The molecule has 0 aliphatic carbocycles. The SMILES string of the molecule is CNc1cc(C2CCCN2c2ccnc(C)n2)ccn1. The Morgan fingerprint density at radius 3 is 2.90 bits per heavy atom. The maximum atomic E-state index is 4.56. The third-order valence-corrected chi connectivity index (χ3v) is 3.73. The first-order valence-corrected chi connectivity index (χ1v) is 6.98. The molecule has 1 unspecified atom stereocenters. The van der Waals surface area contributed by atoms with Gasteiger partial charge in [0.1, 0.15) is 17.5 Å². The molecule has 2 aromatic rings. The number of anilines is 2. The number of rotatable bonds is 3. The van der Waals surface area contributed by atoms with Crippen molar-refractivity contribution in [3.05, 3.63) is 42.0 Å². The maximum Gasteiger partial charge on any atom is 0.132 e. The summed E-state index contributed by atoms with van der Waals surface area (Å²) in [6.07, 6.45) is 6.03. The predicted molar refractivity (Wildman–Crippen MR) is 79.9 cm³/mol. The Hall–Kier alpha value is -2.17. The van der Waals surface area contributed by atoms with Crippen molar-refractivity contribution < 1.29 is 0 Å². The van der Waals surface area contributed by atoms with Crippen molar-refractivity contribution in [3.8, 4) is 0 Å². The number of nitrogens with one attached hydrogen (secondary N) is 1. The van der Waals surface area contributed by atoms with Crippen molar-refractivity contribution >= 4 is 11.6 Å². The molecule has 0 amide bonds. The summed E-state index contributed by atoms with van der Waals surface area (Å²) in [5.41, 5.74) is 1.29. The summed E-state index contributed by atoms with van der Waals surface area (Å²) in [6, 6.07) is 6.58. The van der Waals surface area contributed by atoms with Crippen molar-refractivity contribution in [2.45, 2.75) is 25.8 Å². The van der Waals surface area contributed by atoms with E-state index in [0.717, 1.165) is 30.4 Å². The van der Waals surface area contributed by atoms with Gasteiger partial charge in [-0.2, -0.15) is 0 Å². The molecule has 0 radical (unpaired) electrons. The maximum absolute atomic E-state index is 4.56. The molecule has 1 N–H and O–H groups in total. The van der Waals surface area contributed by atoms with E-state index in [4.69, 9.17) is 0 Å². The van der Waals surface area contributed by atoms with E-state index in [1.807, 2.05) is 32.4 Å². The summed E-state index contributed by atoms with van der Waals surface area (Å²) in [5.74, 6) is 2.75. The molecular weight excluding hydrogens is 250 g/mol. The lowest BCUT2D eigenvalue weighted by Gasteiger charge is -2.26. The fraction of sp³-hybridized carbons (Fsp3) is 0.400. The minimum Gasteiger partial charge on any atom is -0.373 e. The van der Waals surface area contributed by atoms with Crippen LogP contribution < -0.4 is 10.2 Å². The Bertz CT molecular complexity index is 598. The highest BCUT2D eigenvalue weighted by Gasteiger charge is 2.27. The van der Waals surface area contributed by atoms with Crippen LogP contribution in [-0.4, -0.2) is 28.5 Å². The molecule has 1 fully saturated rings. The van der Waals surface area contributed by atoms with Gasteiger partial charge in [0.05, 0.1) is 6.04 Å². The molecule has 3 heterocycles. The summed E-state index contributed by atoms with van der Waals surface area (Å²) in [5, 5.41) is 3.10.